The van der Waals surface area contributed by atoms with Crippen LogP contribution in [0, 0.1) is 11.6 Å². The summed E-state index contributed by atoms with van der Waals surface area (Å²) in [5.74, 6) is -0.712. The molecule has 0 fully saturated rings. The van der Waals surface area contributed by atoms with Crippen LogP contribution in [0.1, 0.15) is 0 Å². The molecule has 2 nitrogen and oxygen atoms in total. The van der Waals surface area contributed by atoms with Crippen LogP contribution in [0.2, 0.25) is 0 Å². The third-order valence-electron chi connectivity index (χ3n) is 2.54. The Morgan fingerprint density at radius 2 is 2.00 bits per heavy atom. The Morgan fingerprint density at radius 1 is 1.16 bits per heavy atom. The van der Waals surface area contributed by atoms with E-state index in [0.29, 0.717) is 20.8 Å². The van der Waals surface area contributed by atoms with Gasteiger partial charge in [0.25, 0.3) is 0 Å². The number of nitrogens with one attached hydrogen (secondary N) is 1. The molecule has 3 rings (SSSR count). The molecule has 96 valence electrons. The monoisotopic (exact) mass is 340 g/mol. The van der Waals surface area contributed by atoms with Crippen molar-refractivity contribution in [3.05, 3.63) is 52.5 Å². The summed E-state index contributed by atoms with van der Waals surface area (Å²) in [6.07, 6.45) is 0. The second-order valence-corrected chi connectivity index (χ2v) is 5.74. The maximum atomic E-state index is 13.7. The lowest BCUT2D eigenvalue weighted by Crippen LogP contribution is -1.94. The first-order valence-electron chi connectivity index (χ1n) is 5.40. The molecular formula is C13H7BrF2N2S. The predicted octanol–water partition coefficient (Wildman–Crippen LogP) is 5.08. The van der Waals surface area contributed by atoms with Crippen molar-refractivity contribution < 1.29 is 8.78 Å². The number of fused-ring (bicyclic) bond motifs is 1. The zero-order valence-electron chi connectivity index (χ0n) is 9.45. The van der Waals surface area contributed by atoms with E-state index >= 15 is 0 Å². The van der Waals surface area contributed by atoms with E-state index in [2.05, 4.69) is 26.2 Å². The highest BCUT2D eigenvalue weighted by molar-refractivity contribution is 9.10. The summed E-state index contributed by atoms with van der Waals surface area (Å²) in [4.78, 5) is 4.23. The lowest BCUT2D eigenvalue weighted by molar-refractivity contribution is 0.629. The van der Waals surface area contributed by atoms with Gasteiger partial charge < -0.3 is 5.32 Å². The lowest BCUT2D eigenvalue weighted by atomic mass is 10.3. The molecule has 19 heavy (non-hydrogen) atoms. The van der Waals surface area contributed by atoms with Crippen LogP contribution in [0.25, 0.3) is 10.2 Å². The molecule has 0 radical (unpaired) electrons. The molecule has 0 atom stereocenters. The Bertz CT molecular complexity index is 737. The molecule has 0 aliphatic heterocycles. The summed E-state index contributed by atoms with van der Waals surface area (Å²) in [7, 11) is 0. The van der Waals surface area contributed by atoms with Crippen LogP contribution in [0.3, 0.4) is 0 Å². The summed E-state index contributed by atoms with van der Waals surface area (Å²) >= 11 is 4.62. The van der Waals surface area contributed by atoms with E-state index in [9.17, 15) is 8.78 Å². The predicted molar refractivity (Wildman–Crippen MR) is 77.0 cm³/mol. The molecule has 0 amide bonds. The number of aromatic nitrogens is 1. The fourth-order valence-electron chi connectivity index (χ4n) is 1.68. The molecule has 0 unspecified atom stereocenters. The number of hydrogen-bond acceptors (Lipinski definition) is 3. The Morgan fingerprint density at radius 3 is 2.79 bits per heavy atom. The van der Waals surface area contributed by atoms with Crippen molar-refractivity contribution in [3.8, 4) is 0 Å². The molecule has 6 heteroatoms. The van der Waals surface area contributed by atoms with Crippen LogP contribution < -0.4 is 5.32 Å². The minimum Gasteiger partial charge on any atom is -0.328 e. The Balaban J connectivity index is 2.01. The van der Waals surface area contributed by atoms with Gasteiger partial charge in [0.2, 0.25) is 0 Å². The number of halogens is 3. The maximum absolute atomic E-state index is 13.7. The van der Waals surface area contributed by atoms with Gasteiger partial charge in [-0.3, -0.25) is 0 Å². The zero-order chi connectivity index (χ0) is 13.4. The number of anilines is 2. The fraction of sp³-hybridized carbons (Fsp3) is 0. The van der Waals surface area contributed by atoms with Crippen LogP contribution in [0.4, 0.5) is 19.6 Å². The van der Waals surface area contributed by atoms with Gasteiger partial charge in [0, 0.05) is 10.5 Å². The van der Waals surface area contributed by atoms with Crippen molar-refractivity contribution >= 4 is 48.3 Å². The average Bonchev–Trinajstić information content (AvgIpc) is 2.75. The van der Waals surface area contributed by atoms with Crippen molar-refractivity contribution in [1.29, 1.82) is 0 Å². The topological polar surface area (TPSA) is 24.9 Å². The Labute approximate surface area is 120 Å². The molecule has 2 aromatic carbocycles. The number of para-hydroxylation sites is 1. The highest BCUT2D eigenvalue weighted by atomic mass is 79.9. The van der Waals surface area contributed by atoms with Gasteiger partial charge in [0.05, 0.1) is 15.9 Å². The molecule has 0 aliphatic rings. The summed E-state index contributed by atoms with van der Waals surface area (Å²) in [6, 6.07) is 9.09. The van der Waals surface area contributed by atoms with Crippen molar-refractivity contribution in [1.82, 2.24) is 4.98 Å². The molecule has 0 aliphatic carbocycles. The van der Waals surface area contributed by atoms with E-state index in [1.807, 2.05) is 0 Å². The van der Waals surface area contributed by atoms with Gasteiger partial charge in [-0.25, -0.2) is 13.8 Å². The van der Waals surface area contributed by atoms with E-state index < -0.39 is 0 Å². The van der Waals surface area contributed by atoms with Crippen LogP contribution in [0.15, 0.2) is 40.9 Å². The standard InChI is InChI=1S/C13H7BrF2N2S/c14-8-2-1-3-9(16)12(8)18-13-17-10-6-7(15)4-5-11(10)19-13/h1-6H,(H,17,18). The highest BCUT2D eigenvalue weighted by Crippen LogP contribution is 2.32. The first-order chi connectivity index (χ1) is 9.13. The number of thiazole rings is 1. The Hall–Kier alpha value is -1.53. The number of hydrogen-bond donors (Lipinski definition) is 1. The smallest absolute Gasteiger partial charge is 0.188 e. The van der Waals surface area contributed by atoms with Gasteiger partial charge in [0.1, 0.15) is 11.6 Å². The third-order valence-corrected chi connectivity index (χ3v) is 4.16. The summed E-state index contributed by atoms with van der Waals surface area (Å²) in [5, 5.41) is 3.43. The lowest BCUT2D eigenvalue weighted by Gasteiger charge is -2.05. The summed E-state index contributed by atoms with van der Waals surface area (Å²) in [5.41, 5.74) is 0.877. The van der Waals surface area contributed by atoms with Gasteiger partial charge in [-0.2, -0.15) is 0 Å². The molecule has 1 heterocycles. The van der Waals surface area contributed by atoms with Crippen LogP contribution >= 0.6 is 27.3 Å². The largest absolute Gasteiger partial charge is 0.328 e. The molecule has 3 aromatic rings. The Kier molecular flexibility index (Phi) is 3.20. The van der Waals surface area contributed by atoms with Gasteiger partial charge in [-0.15, -0.1) is 0 Å². The van der Waals surface area contributed by atoms with Crippen LogP contribution in [-0.4, -0.2) is 4.98 Å². The SMILES string of the molecule is Fc1ccc2sc(Nc3c(F)cccc3Br)nc2c1. The van der Waals surface area contributed by atoms with Gasteiger partial charge >= 0.3 is 0 Å². The number of benzene rings is 2. The van der Waals surface area contributed by atoms with E-state index in [1.54, 1.807) is 18.2 Å². The normalized spacial score (nSPS) is 10.9. The molecule has 0 bridgehead atoms. The number of rotatable bonds is 2. The molecule has 0 saturated carbocycles. The van der Waals surface area contributed by atoms with Crippen LogP contribution in [-0.2, 0) is 0 Å². The molecule has 0 spiro atoms. The van der Waals surface area contributed by atoms with Crippen molar-refractivity contribution in [2.75, 3.05) is 5.32 Å². The summed E-state index contributed by atoms with van der Waals surface area (Å²) in [6.45, 7) is 0. The van der Waals surface area contributed by atoms with Gasteiger partial charge in [-0.1, -0.05) is 17.4 Å². The minimum atomic E-state index is -0.375. The molecular weight excluding hydrogens is 334 g/mol. The first-order valence-corrected chi connectivity index (χ1v) is 7.01. The van der Waals surface area contributed by atoms with E-state index in [0.717, 1.165) is 4.70 Å². The maximum Gasteiger partial charge on any atom is 0.188 e. The van der Waals surface area contributed by atoms with E-state index in [-0.39, 0.29) is 11.6 Å². The molecule has 1 aromatic heterocycles. The highest BCUT2D eigenvalue weighted by Gasteiger charge is 2.10. The van der Waals surface area contributed by atoms with Gasteiger partial charge in [0.15, 0.2) is 5.13 Å². The first kappa shape index (κ1) is 12.5. The number of nitrogens with zero attached hydrogens (tertiary/aromatic N) is 1. The van der Waals surface area contributed by atoms with Crippen molar-refractivity contribution in [3.63, 3.8) is 0 Å². The van der Waals surface area contributed by atoms with Crippen molar-refractivity contribution in [2.24, 2.45) is 0 Å². The molecule has 1 N–H and O–H groups in total. The van der Waals surface area contributed by atoms with Gasteiger partial charge in [-0.05, 0) is 40.2 Å². The summed E-state index contributed by atoms with van der Waals surface area (Å²) < 4.78 is 28.2. The third kappa shape index (κ3) is 2.46. The minimum absolute atomic E-state index is 0.321. The van der Waals surface area contributed by atoms with E-state index in [4.69, 9.17) is 0 Å². The average molecular weight is 341 g/mol. The fourth-order valence-corrected chi connectivity index (χ4v) is 2.97. The second-order valence-electron chi connectivity index (χ2n) is 3.85. The second kappa shape index (κ2) is 4.86. The zero-order valence-corrected chi connectivity index (χ0v) is 11.9. The quantitative estimate of drug-likeness (QED) is 0.703. The van der Waals surface area contributed by atoms with Crippen molar-refractivity contribution in [2.45, 2.75) is 0 Å². The van der Waals surface area contributed by atoms with Crippen LogP contribution in [0.5, 0.6) is 0 Å². The molecule has 0 saturated heterocycles. The van der Waals surface area contributed by atoms with E-state index in [1.165, 1.54) is 29.5 Å².